The lowest BCUT2D eigenvalue weighted by molar-refractivity contribution is -0.0504. The summed E-state index contributed by atoms with van der Waals surface area (Å²) < 4.78 is 29.8. The highest BCUT2D eigenvalue weighted by molar-refractivity contribution is 14.0. The largest absolute Gasteiger partial charge is 0.434 e. The number of aliphatic imine (C=N–C) groups is 1. The van der Waals surface area contributed by atoms with Gasteiger partial charge in [-0.05, 0) is 37.7 Å². The molecule has 2 aromatic rings. The van der Waals surface area contributed by atoms with E-state index < -0.39 is 6.61 Å². The molecule has 0 amide bonds. The number of aromatic nitrogens is 1. The zero-order valence-corrected chi connectivity index (χ0v) is 20.8. The molecule has 0 unspecified atom stereocenters. The van der Waals surface area contributed by atoms with Gasteiger partial charge in [-0.2, -0.15) is 8.78 Å². The zero-order chi connectivity index (χ0) is 22.1. The second-order valence-electron chi connectivity index (χ2n) is 7.35. The van der Waals surface area contributed by atoms with E-state index in [2.05, 4.69) is 48.3 Å². The average Bonchev–Trinajstić information content (AvgIpc) is 2.77. The molecule has 0 spiro atoms. The van der Waals surface area contributed by atoms with Gasteiger partial charge in [-0.1, -0.05) is 18.2 Å². The van der Waals surface area contributed by atoms with Gasteiger partial charge in [-0.25, -0.2) is 9.98 Å². The van der Waals surface area contributed by atoms with Crippen molar-refractivity contribution in [1.82, 2.24) is 20.5 Å². The third-order valence-corrected chi connectivity index (χ3v) is 5.04. The Morgan fingerprint density at radius 3 is 2.62 bits per heavy atom. The summed E-state index contributed by atoms with van der Waals surface area (Å²) >= 11 is 0. The molecule has 1 aromatic carbocycles. The summed E-state index contributed by atoms with van der Waals surface area (Å²) in [5, 5.41) is 6.37. The molecule has 0 bridgehead atoms. The molecule has 2 N–H and O–H groups in total. The summed E-state index contributed by atoms with van der Waals surface area (Å²) in [7, 11) is 2.13. The van der Waals surface area contributed by atoms with Crippen LogP contribution in [0.3, 0.4) is 0 Å². The second kappa shape index (κ2) is 13.4. The topological polar surface area (TPSA) is 65.0 Å². The Morgan fingerprint density at radius 1 is 1.16 bits per heavy atom. The number of hydrogen-bond acceptors (Lipinski definition) is 5. The number of rotatable bonds is 8. The van der Waals surface area contributed by atoms with Gasteiger partial charge in [0.1, 0.15) is 11.6 Å². The minimum absolute atomic E-state index is 0. The minimum Gasteiger partial charge on any atom is -0.434 e. The van der Waals surface area contributed by atoms with Crippen molar-refractivity contribution < 1.29 is 13.5 Å². The zero-order valence-electron chi connectivity index (χ0n) is 18.4. The Morgan fingerprint density at radius 2 is 1.91 bits per heavy atom. The van der Waals surface area contributed by atoms with Crippen LogP contribution in [0, 0.1) is 0 Å². The number of pyridine rings is 1. The summed E-state index contributed by atoms with van der Waals surface area (Å²) in [6.45, 7) is 4.56. The van der Waals surface area contributed by atoms with E-state index in [-0.39, 0.29) is 29.7 Å². The van der Waals surface area contributed by atoms with Crippen LogP contribution < -0.4 is 20.3 Å². The molecule has 0 aliphatic carbocycles. The quantitative estimate of drug-likeness (QED) is 0.294. The van der Waals surface area contributed by atoms with Crippen molar-refractivity contribution in [1.29, 1.82) is 0 Å². The number of alkyl halides is 2. The van der Waals surface area contributed by atoms with Crippen molar-refractivity contribution in [2.75, 3.05) is 44.7 Å². The van der Waals surface area contributed by atoms with Crippen LogP contribution in [0.2, 0.25) is 0 Å². The molecule has 10 heteroatoms. The Kier molecular flexibility index (Phi) is 10.9. The molecule has 7 nitrogen and oxygen atoms in total. The third-order valence-electron chi connectivity index (χ3n) is 5.04. The number of ether oxygens (including phenoxy) is 1. The molecule has 2 heterocycles. The molecule has 1 aliphatic heterocycles. The standard InChI is InChI=1S/C22H30F2N6O.HI/c1-3-25-22(28-16-18-6-4-5-7-19(18)31-21(23)24)27-15-17-8-9-26-20(14-17)30-12-10-29(2)11-13-30;/h4-9,14,21H,3,10-13,15-16H2,1-2H3,(H2,25,27,28);1H. The average molecular weight is 560 g/mol. The predicted octanol–water partition coefficient (Wildman–Crippen LogP) is 3.31. The minimum atomic E-state index is -2.86. The number of likely N-dealkylation sites (N-methyl/N-ethyl adjacent to an activating group) is 1. The molecule has 3 rings (SSSR count). The molecule has 1 aromatic heterocycles. The first-order chi connectivity index (χ1) is 15.0. The fraction of sp³-hybridized carbons (Fsp3) is 0.455. The van der Waals surface area contributed by atoms with E-state index in [0.29, 0.717) is 31.2 Å². The first-order valence-electron chi connectivity index (χ1n) is 10.5. The van der Waals surface area contributed by atoms with Gasteiger partial charge in [0.25, 0.3) is 0 Å². The Balaban J connectivity index is 0.00000363. The van der Waals surface area contributed by atoms with Crippen LogP contribution in [-0.4, -0.2) is 62.2 Å². The Bertz CT molecular complexity index is 862. The van der Waals surface area contributed by atoms with Crippen molar-refractivity contribution in [3.05, 3.63) is 53.7 Å². The number of para-hydroxylation sites is 1. The van der Waals surface area contributed by atoms with Gasteiger partial charge in [0.05, 0.1) is 6.54 Å². The number of nitrogens with one attached hydrogen (secondary N) is 2. The van der Waals surface area contributed by atoms with E-state index in [1.165, 1.54) is 6.07 Å². The van der Waals surface area contributed by atoms with Gasteiger partial charge in [0.2, 0.25) is 0 Å². The van der Waals surface area contributed by atoms with Gasteiger partial charge in [0.15, 0.2) is 5.96 Å². The Hall–Kier alpha value is -2.21. The lowest BCUT2D eigenvalue weighted by Gasteiger charge is -2.33. The smallest absolute Gasteiger partial charge is 0.387 e. The van der Waals surface area contributed by atoms with Crippen molar-refractivity contribution in [3.63, 3.8) is 0 Å². The molecule has 1 fully saturated rings. The van der Waals surface area contributed by atoms with Crippen LogP contribution in [0.25, 0.3) is 0 Å². The third kappa shape index (κ3) is 8.05. The first kappa shape index (κ1) is 26.0. The van der Waals surface area contributed by atoms with Crippen LogP contribution in [0.15, 0.2) is 47.6 Å². The van der Waals surface area contributed by atoms with E-state index in [4.69, 9.17) is 0 Å². The summed E-state index contributed by atoms with van der Waals surface area (Å²) in [5.74, 6) is 1.73. The normalized spacial score (nSPS) is 14.8. The Labute approximate surface area is 205 Å². The van der Waals surface area contributed by atoms with Crippen molar-refractivity contribution in [3.8, 4) is 5.75 Å². The molecular formula is C22H31F2IN6O. The van der Waals surface area contributed by atoms with E-state index in [9.17, 15) is 8.78 Å². The molecule has 32 heavy (non-hydrogen) atoms. The maximum Gasteiger partial charge on any atom is 0.387 e. The molecular weight excluding hydrogens is 529 g/mol. The van der Waals surface area contributed by atoms with Gasteiger partial charge < -0.3 is 25.2 Å². The van der Waals surface area contributed by atoms with Gasteiger partial charge in [-0.3, -0.25) is 0 Å². The highest BCUT2D eigenvalue weighted by Crippen LogP contribution is 2.20. The van der Waals surface area contributed by atoms with Crippen LogP contribution >= 0.6 is 24.0 Å². The van der Waals surface area contributed by atoms with Crippen LogP contribution in [0.4, 0.5) is 14.6 Å². The molecule has 0 radical (unpaired) electrons. The number of piperazine rings is 1. The highest BCUT2D eigenvalue weighted by atomic mass is 127. The number of benzene rings is 1. The number of hydrogen-bond donors (Lipinski definition) is 2. The van der Waals surface area contributed by atoms with Crippen molar-refractivity contribution in [2.45, 2.75) is 26.6 Å². The molecule has 1 aliphatic rings. The van der Waals surface area contributed by atoms with E-state index in [0.717, 1.165) is 37.6 Å². The van der Waals surface area contributed by atoms with Crippen LogP contribution in [-0.2, 0) is 13.1 Å². The highest BCUT2D eigenvalue weighted by Gasteiger charge is 2.15. The van der Waals surface area contributed by atoms with E-state index in [1.807, 2.05) is 19.2 Å². The summed E-state index contributed by atoms with van der Waals surface area (Å²) in [6, 6.07) is 10.8. The molecule has 1 saturated heterocycles. The molecule has 0 saturated carbocycles. The number of guanidine groups is 1. The molecule has 0 atom stereocenters. The van der Waals surface area contributed by atoms with Gasteiger partial charge >= 0.3 is 6.61 Å². The fourth-order valence-corrected chi connectivity index (χ4v) is 3.32. The fourth-order valence-electron chi connectivity index (χ4n) is 3.32. The lowest BCUT2D eigenvalue weighted by Crippen LogP contribution is -2.44. The SMILES string of the molecule is CCNC(=NCc1ccnc(N2CCN(C)CC2)c1)NCc1ccccc1OC(F)F.I. The van der Waals surface area contributed by atoms with Crippen molar-refractivity contribution in [2.24, 2.45) is 4.99 Å². The maximum absolute atomic E-state index is 12.6. The monoisotopic (exact) mass is 560 g/mol. The second-order valence-corrected chi connectivity index (χ2v) is 7.35. The van der Waals surface area contributed by atoms with Crippen molar-refractivity contribution >= 4 is 35.8 Å². The van der Waals surface area contributed by atoms with E-state index >= 15 is 0 Å². The number of nitrogens with zero attached hydrogens (tertiary/aromatic N) is 4. The van der Waals surface area contributed by atoms with Gasteiger partial charge in [-0.15, -0.1) is 24.0 Å². The summed E-state index contributed by atoms with van der Waals surface area (Å²) in [5.41, 5.74) is 1.69. The number of anilines is 1. The summed E-state index contributed by atoms with van der Waals surface area (Å²) in [6.07, 6.45) is 1.82. The van der Waals surface area contributed by atoms with Crippen LogP contribution in [0.1, 0.15) is 18.1 Å². The van der Waals surface area contributed by atoms with Crippen LogP contribution in [0.5, 0.6) is 5.75 Å². The first-order valence-corrected chi connectivity index (χ1v) is 10.5. The van der Waals surface area contributed by atoms with Gasteiger partial charge in [0, 0.05) is 51.0 Å². The van der Waals surface area contributed by atoms with E-state index in [1.54, 1.807) is 18.2 Å². The molecule has 176 valence electrons. The maximum atomic E-state index is 12.6. The summed E-state index contributed by atoms with van der Waals surface area (Å²) in [4.78, 5) is 13.7. The lowest BCUT2D eigenvalue weighted by atomic mass is 10.2. The predicted molar refractivity (Wildman–Crippen MR) is 134 cm³/mol. The number of halogens is 3.